The molecule has 0 aliphatic carbocycles. The molecular weight excluding hydrogens is 289 g/mol. The first-order chi connectivity index (χ1) is 11.2. The largest absolute Gasteiger partial charge is 0.399 e. The molecule has 23 heavy (non-hydrogen) atoms. The van der Waals surface area contributed by atoms with E-state index in [9.17, 15) is 4.39 Å². The Morgan fingerprint density at radius 1 is 0.826 bits per heavy atom. The van der Waals surface area contributed by atoms with Crippen molar-refractivity contribution >= 4 is 16.7 Å². The molecule has 0 radical (unpaired) electrons. The lowest BCUT2D eigenvalue weighted by Gasteiger charge is -2.09. The highest BCUT2D eigenvalue weighted by atomic mass is 19.1. The van der Waals surface area contributed by atoms with Gasteiger partial charge < -0.3 is 5.73 Å². The molecule has 1 aromatic heterocycles. The molecule has 0 aliphatic rings. The SMILES string of the molecule is Nc1ccc(-c2nc3ccccc3n2-c2ccc(F)cc2)cc1. The summed E-state index contributed by atoms with van der Waals surface area (Å²) in [6, 6.07) is 21.9. The lowest BCUT2D eigenvalue weighted by molar-refractivity contribution is 0.627. The number of nitrogens with two attached hydrogens (primary N) is 1. The molecule has 0 saturated heterocycles. The highest BCUT2D eigenvalue weighted by Gasteiger charge is 2.13. The summed E-state index contributed by atoms with van der Waals surface area (Å²) in [5.41, 5.74) is 10.2. The minimum absolute atomic E-state index is 0.257. The van der Waals surface area contributed by atoms with Gasteiger partial charge in [-0.3, -0.25) is 4.57 Å². The van der Waals surface area contributed by atoms with E-state index in [2.05, 4.69) is 0 Å². The van der Waals surface area contributed by atoms with E-state index < -0.39 is 0 Å². The molecule has 0 atom stereocenters. The number of imidazole rings is 1. The Hall–Kier alpha value is -3.14. The van der Waals surface area contributed by atoms with Gasteiger partial charge in [0.15, 0.2) is 0 Å². The Kier molecular flexibility index (Phi) is 3.08. The molecule has 4 heteroatoms. The molecular formula is C19H14FN3. The number of fused-ring (bicyclic) bond motifs is 1. The van der Waals surface area contributed by atoms with Gasteiger partial charge in [0.2, 0.25) is 0 Å². The van der Waals surface area contributed by atoms with Crippen molar-refractivity contribution in [1.82, 2.24) is 9.55 Å². The molecule has 0 amide bonds. The number of aromatic nitrogens is 2. The van der Waals surface area contributed by atoms with Gasteiger partial charge >= 0.3 is 0 Å². The first-order valence-electron chi connectivity index (χ1n) is 7.32. The summed E-state index contributed by atoms with van der Waals surface area (Å²) in [6.45, 7) is 0. The zero-order valence-electron chi connectivity index (χ0n) is 12.3. The van der Waals surface area contributed by atoms with Gasteiger partial charge in [-0.2, -0.15) is 0 Å². The summed E-state index contributed by atoms with van der Waals surface area (Å²) in [6.07, 6.45) is 0. The van der Waals surface area contributed by atoms with E-state index in [1.165, 1.54) is 12.1 Å². The van der Waals surface area contributed by atoms with Gasteiger partial charge in [-0.25, -0.2) is 9.37 Å². The van der Waals surface area contributed by atoms with Crippen molar-refractivity contribution in [3.8, 4) is 17.1 Å². The third-order valence-corrected chi connectivity index (χ3v) is 3.81. The molecule has 112 valence electrons. The summed E-state index contributed by atoms with van der Waals surface area (Å²) in [5, 5.41) is 0. The van der Waals surface area contributed by atoms with Crippen molar-refractivity contribution in [1.29, 1.82) is 0 Å². The maximum Gasteiger partial charge on any atom is 0.145 e. The van der Waals surface area contributed by atoms with Crippen LogP contribution in [-0.4, -0.2) is 9.55 Å². The van der Waals surface area contributed by atoms with Gasteiger partial charge in [-0.05, 0) is 60.7 Å². The molecule has 0 bridgehead atoms. The van der Waals surface area contributed by atoms with Gasteiger partial charge in [0.1, 0.15) is 11.6 Å². The molecule has 0 spiro atoms. The highest BCUT2D eigenvalue weighted by Crippen LogP contribution is 2.29. The van der Waals surface area contributed by atoms with Gasteiger partial charge in [-0.1, -0.05) is 12.1 Å². The summed E-state index contributed by atoms with van der Waals surface area (Å²) in [5.74, 6) is 0.546. The quantitative estimate of drug-likeness (QED) is 0.557. The van der Waals surface area contributed by atoms with Crippen LogP contribution in [0.3, 0.4) is 0 Å². The molecule has 0 fully saturated rings. The van der Waals surface area contributed by atoms with Crippen LogP contribution in [0.5, 0.6) is 0 Å². The second-order valence-electron chi connectivity index (χ2n) is 5.36. The Morgan fingerprint density at radius 2 is 1.52 bits per heavy atom. The molecule has 0 saturated carbocycles. The number of para-hydroxylation sites is 2. The van der Waals surface area contributed by atoms with Crippen LogP contribution in [0.4, 0.5) is 10.1 Å². The monoisotopic (exact) mass is 303 g/mol. The van der Waals surface area contributed by atoms with Crippen LogP contribution in [0.15, 0.2) is 72.8 Å². The van der Waals surface area contributed by atoms with Crippen molar-refractivity contribution in [3.05, 3.63) is 78.6 Å². The number of rotatable bonds is 2. The third-order valence-electron chi connectivity index (χ3n) is 3.81. The number of nitrogens with zero attached hydrogens (tertiary/aromatic N) is 2. The zero-order chi connectivity index (χ0) is 15.8. The highest BCUT2D eigenvalue weighted by molar-refractivity contribution is 5.83. The van der Waals surface area contributed by atoms with Crippen molar-refractivity contribution in [2.24, 2.45) is 0 Å². The van der Waals surface area contributed by atoms with Crippen molar-refractivity contribution in [2.75, 3.05) is 5.73 Å². The fourth-order valence-electron chi connectivity index (χ4n) is 2.70. The van der Waals surface area contributed by atoms with Crippen molar-refractivity contribution < 1.29 is 4.39 Å². The standard InChI is InChI=1S/C19H14FN3/c20-14-7-11-16(12-8-14)23-18-4-2-1-3-17(18)22-19(23)13-5-9-15(21)10-6-13/h1-12H,21H2. The van der Waals surface area contributed by atoms with Crippen molar-refractivity contribution in [2.45, 2.75) is 0 Å². The van der Waals surface area contributed by atoms with E-state index in [0.29, 0.717) is 5.69 Å². The fraction of sp³-hybridized carbons (Fsp3) is 0. The maximum atomic E-state index is 13.3. The Bertz CT molecular complexity index is 970. The minimum Gasteiger partial charge on any atom is -0.399 e. The lowest BCUT2D eigenvalue weighted by Crippen LogP contribution is -1.98. The molecule has 2 N–H and O–H groups in total. The van der Waals surface area contributed by atoms with E-state index in [0.717, 1.165) is 28.1 Å². The predicted octanol–water partition coefficient (Wildman–Crippen LogP) is 4.41. The van der Waals surface area contributed by atoms with E-state index >= 15 is 0 Å². The van der Waals surface area contributed by atoms with E-state index in [1.54, 1.807) is 12.1 Å². The molecule has 3 nitrogen and oxygen atoms in total. The number of hydrogen-bond acceptors (Lipinski definition) is 2. The first kappa shape index (κ1) is 13.5. The number of halogens is 1. The first-order valence-corrected chi connectivity index (χ1v) is 7.32. The number of anilines is 1. The topological polar surface area (TPSA) is 43.8 Å². The third kappa shape index (κ3) is 2.34. The summed E-state index contributed by atoms with van der Waals surface area (Å²) < 4.78 is 15.3. The Morgan fingerprint density at radius 3 is 2.26 bits per heavy atom. The smallest absolute Gasteiger partial charge is 0.145 e. The van der Waals surface area contributed by atoms with Crippen molar-refractivity contribution in [3.63, 3.8) is 0 Å². The van der Waals surface area contributed by atoms with Gasteiger partial charge in [-0.15, -0.1) is 0 Å². The number of hydrogen-bond donors (Lipinski definition) is 1. The average molecular weight is 303 g/mol. The van der Waals surface area contributed by atoms with Gasteiger partial charge in [0.25, 0.3) is 0 Å². The van der Waals surface area contributed by atoms with Gasteiger partial charge in [0.05, 0.1) is 11.0 Å². The van der Waals surface area contributed by atoms with Crippen LogP contribution < -0.4 is 5.73 Å². The van der Waals surface area contributed by atoms with E-state index in [1.807, 2.05) is 53.1 Å². The zero-order valence-corrected chi connectivity index (χ0v) is 12.3. The second kappa shape index (κ2) is 5.25. The van der Waals surface area contributed by atoms with Crippen LogP contribution in [-0.2, 0) is 0 Å². The summed E-state index contributed by atoms with van der Waals surface area (Å²) in [4.78, 5) is 4.74. The van der Waals surface area contributed by atoms with Gasteiger partial charge in [0, 0.05) is 16.9 Å². The predicted molar refractivity (Wildman–Crippen MR) is 90.9 cm³/mol. The van der Waals surface area contributed by atoms with Crippen LogP contribution >= 0.6 is 0 Å². The van der Waals surface area contributed by atoms with Crippen LogP contribution in [0.25, 0.3) is 28.1 Å². The lowest BCUT2D eigenvalue weighted by atomic mass is 10.2. The molecule has 0 unspecified atom stereocenters. The van der Waals surface area contributed by atoms with E-state index in [4.69, 9.17) is 10.7 Å². The molecule has 0 aliphatic heterocycles. The normalized spacial score (nSPS) is 11.0. The Balaban J connectivity index is 2.01. The second-order valence-corrected chi connectivity index (χ2v) is 5.36. The molecule has 1 heterocycles. The molecule has 4 aromatic rings. The Labute approximate surface area is 132 Å². The fourth-order valence-corrected chi connectivity index (χ4v) is 2.70. The minimum atomic E-state index is -0.257. The summed E-state index contributed by atoms with van der Waals surface area (Å²) >= 11 is 0. The van der Waals surface area contributed by atoms with Crippen LogP contribution in [0, 0.1) is 5.82 Å². The average Bonchev–Trinajstić information content (AvgIpc) is 2.96. The van der Waals surface area contributed by atoms with Crippen LogP contribution in [0.2, 0.25) is 0 Å². The summed E-state index contributed by atoms with van der Waals surface area (Å²) in [7, 11) is 0. The number of benzene rings is 3. The molecule has 3 aromatic carbocycles. The van der Waals surface area contributed by atoms with E-state index in [-0.39, 0.29) is 5.82 Å². The maximum absolute atomic E-state index is 13.3. The van der Waals surface area contributed by atoms with Crippen LogP contribution in [0.1, 0.15) is 0 Å². The molecule has 4 rings (SSSR count). The number of nitrogen functional groups attached to an aromatic ring is 1.